The van der Waals surface area contributed by atoms with Gasteiger partial charge in [0.2, 0.25) is 0 Å². The highest BCUT2D eigenvalue weighted by atomic mass is 35.5. The van der Waals surface area contributed by atoms with Crippen LogP contribution >= 0.6 is 11.6 Å². The van der Waals surface area contributed by atoms with Crippen molar-refractivity contribution in [2.75, 3.05) is 19.8 Å². The van der Waals surface area contributed by atoms with E-state index in [1.807, 2.05) is 54.6 Å². The van der Waals surface area contributed by atoms with Gasteiger partial charge in [0.25, 0.3) is 0 Å². The Bertz CT molecular complexity index is 997. The number of rotatable bonds is 8. The fraction of sp³-hybridized carbons (Fsp3) is 0.385. The first kappa shape index (κ1) is 22.2. The lowest BCUT2D eigenvalue weighted by molar-refractivity contribution is -0.230. The zero-order chi connectivity index (χ0) is 21.6. The van der Waals surface area contributed by atoms with Crippen LogP contribution in [-0.2, 0) is 27.1 Å². The summed E-state index contributed by atoms with van der Waals surface area (Å²) in [4.78, 5) is 0. The van der Waals surface area contributed by atoms with E-state index in [9.17, 15) is 0 Å². The molecule has 1 heterocycles. The molecule has 1 aliphatic rings. The van der Waals surface area contributed by atoms with Crippen LogP contribution in [-0.4, -0.2) is 25.9 Å². The number of benzene rings is 3. The molecule has 0 unspecified atom stereocenters. The van der Waals surface area contributed by atoms with Gasteiger partial charge in [0, 0.05) is 22.6 Å². The van der Waals surface area contributed by atoms with Gasteiger partial charge in [-0.1, -0.05) is 61.3 Å². The van der Waals surface area contributed by atoms with Gasteiger partial charge in [-0.2, -0.15) is 0 Å². The van der Waals surface area contributed by atoms with Crippen LogP contribution in [0.2, 0.25) is 5.02 Å². The highest BCUT2D eigenvalue weighted by Crippen LogP contribution is 2.29. The fourth-order valence-corrected chi connectivity index (χ4v) is 3.92. The van der Waals surface area contributed by atoms with Crippen LogP contribution < -0.4 is 0 Å². The summed E-state index contributed by atoms with van der Waals surface area (Å²) in [5.41, 5.74) is 2.75. The van der Waals surface area contributed by atoms with Gasteiger partial charge >= 0.3 is 0 Å². The summed E-state index contributed by atoms with van der Waals surface area (Å²) in [5, 5.41) is 2.18. The Labute approximate surface area is 188 Å². The number of ether oxygens (including phenoxy) is 3. The maximum Gasteiger partial charge on any atom is 0.184 e. The molecular formula is C26H28ClFO3. The topological polar surface area (TPSA) is 27.7 Å². The maximum atomic E-state index is 15.1. The molecule has 4 rings (SSSR count). The quantitative estimate of drug-likeness (QED) is 0.365. The molecular weight excluding hydrogens is 415 g/mol. The van der Waals surface area contributed by atoms with Crippen LogP contribution in [0.25, 0.3) is 10.8 Å². The van der Waals surface area contributed by atoms with Crippen molar-refractivity contribution in [3.05, 3.63) is 82.1 Å². The van der Waals surface area contributed by atoms with E-state index >= 15 is 4.39 Å². The van der Waals surface area contributed by atoms with Gasteiger partial charge in [-0.25, -0.2) is 4.39 Å². The normalized spacial score (nSPS) is 19.1. The summed E-state index contributed by atoms with van der Waals surface area (Å²) >= 11 is 5.94. The molecule has 0 N–H and O–H groups in total. The van der Waals surface area contributed by atoms with Gasteiger partial charge < -0.3 is 14.2 Å². The van der Waals surface area contributed by atoms with Crippen molar-refractivity contribution in [1.29, 1.82) is 0 Å². The minimum absolute atomic E-state index is 0.0242. The van der Waals surface area contributed by atoms with Crippen LogP contribution in [0.15, 0.2) is 54.6 Å². The summed E-state index contributed by atoms with van der Waals surface area (Å²) in [7, 11) is 0. The zero-order valence-electron chi connectivity index (χ0n) is 17.8. The lowest BCUT2D eigenvalue weighted by atomic mass is 9.99. The van der Waals surface area contributed by atoms with Gasteiger partial charge in [0.15, 0.2) is 6.29 Å². The molecule has 31 heavy (non-hydrogen) atoms. The number of unbranched alkanes of at least 4 members (excludes halogenated alkanes) is 1. The third-order valence-corrected chi connectivity index (χ3v) is 5.90. The summed E-state index contributed by atoms with van der Waals surface area (Å²) in [6.07, 6.45) is 3.08. The van der Waals surface area contributed by atoms with Crippen LogP contribution in [0, 0.1) is 5.82 Å². The monoisotopic (exact) mass is 442 g/mol. The van der Waals surface area contributed by atoms with Crippen molar-refractivity contribution in [2.45, 2.75) is 45.0 Å². The molecule has 5 heteroatoms. The molecule has 0 amide bonds. The van der Waals surface area contributed by atoms with Gasteiger partial charge in [-0.05, 0) is 54.0 Å². The molecule has 0 saturated carbocycles. The number of fused-ring (bicyclic) bond motifs is 1. The van der Waals surface area contributed by atoms with Crippen molar-refractivity contribution in [1.82, 2.24) is 0 Å². The molecule has 0 atom stereocenters. The van der Waals surface area contributed by atoms with Crippen molar-refractivity contribution >= 4 is 22.4 Å². The highest BCUT2D eigenvalue weighted by Gasteiger charge is 2.24. The Hall–Kier alpha value is -1.98. The molecule has 3 nitrogen and oxygen atoms in total. The summed E-state index contributed by atoms with van der Waals surface area (Å²) in [6, 6.07) is 17.2. The van der Waals surface area contributed by atoms with E-state index < -0.39 is 6.29 Å². The number of hydrogen-bond acceptors (Lipinski definition) is 3. The molecule has 1 aliphatic heterocycles. The van der Waals surface area contributed by atoms with E-state index in [2.05, 4.69) is 6.92 Å². The van der Waals surface area contributed by atoms with E-state index in [-0.39, 0.29) is 11.9 Å². The van der Waals surface area contributed by atoms with Crippen molar-refractivity contribution in [3.8, 4) is 0 Å². The minimum atomic E-state index is -0.442. The van der Waals surface area contributed by atoms with Gasteiger partial charge in [-0.3, -0.25) is 0 Å². The zero-order valence-corrected chi connectivity index (χ0v) is 18.5. The average molecular weight is 443 g/mol. The predicted octanol–water partition coefficient (Wildman–Crippen LogP) is 6.65. The molecule has 1 fully saturated rings. The van der Waals surface area contributed by atoms with Crippen molar-refractivity contribution in [2.24, 2.45) is 0 Å². The molecule has 0 radical (unpaired) electrons. The summed E-state index contributed by atoms with van der Waals surface area (Å²) in [5.74, 6) is -0.159. The van der Waals surface area contributed by atoms with Gasteiger partial charge in [-0.15, -0.1) is 0 Å². The van der Waals surface area contributed by atoms with Gasteiger partial charge in [0.1, 0.15) is 11.9 Å². The Morgan fingerprint density at radius 2 is 1.77 bits per heavy atom. The Morgan fingerprint density at radius 1 is 1.00 bits per heavy atom. The minimum Gasteiger partial charge on any atom is -0.373 e. The standard InChI is InChI=1S/C26H28ClFO3/c1-2-3-14-29-23-16-30-26(31-17-23)21-10-13-24-20(15-21)9-8-19(25(24)28)7-4-18-5-11-22(27)12-6-18/h5-6,8-13,15,23,26H,2-4,7,14,16-17H2,1H3. The first-order valence-corrected chi connectivity index (χ1v) is 11.3. The Balaban J connectivity index is 1.41. The molecule has 1 saturated heterocycles. The summed E-state index contributed by atoms with van der Waals surface area (Å²) < 4.78 is 32.6. The molecule has 0 bridgehead atoms. The molecule has 0 aromatic heterocycles. The molecule has 164 valence electrons. The largest absolute Gasteiger partial charge is 0.373 e. The first-order chi connectivity index (χ1) is 15.1. The van der Waals surface area contributed by atoms with E-state index in [0.717, 1.165) is 42.4 Å². The van der Waals surface area contributed by atoms with E-state index in [1.165, 1.54) is 0 Å². The third-order valence-electron chi connectivity index (χ3n) is 5.64. The Morgan fingerprint density at radius 3 is 2.52 bits per heavy atom. The highest BCUT2D eigenvalue weighted by molar-refractivity contribution is 6.30. The van der Waals surface area contributed by atoms with E-state index in [4.69, 9.17) is 25.8 Å². The van der Waals surface area contributed by atoms with Crippen LogP contribution in [0.4, 0.5) is 4.39 Å². The first-order valence-electron chi connectivity index (χ1n) is 10.9. The second-order valence-electron chi connectivity index (χ2n) is 7.99. The van der Waals surface area contributed by atoms with Crippen molar-refractivity contribution in [3.63, 3.8) is 0 Å². The third kappa shape index (κ3) is 5.64. The molecule has 0 aliphatic carbocycles. The van der Waals surface area contributed by atoms with Crippen LogP contribution in [0.5, 0.6) is 0 Å². The second kappa shape index (κ2) is 10.6. The Kier molecular flexibility index (Phi) is 7.57. The SMILES string of the molecule is CCCCOC1COC(c2ccc3c(F)c(CCc4ccc(Cl)cc4)ccc3c2)OC1. The van der Waals surface area contributed by atoms with E-state index in [1.54, 1.807) is 0 Å². The lowest BCUT2D eigenvalue weighted by Crippen LogP contribution is -2.33. The van der Waals surface area contributed by atoms with E-state index in [0.29, 0.717) is 35.6 Å². The molecule has 3 aromatic rings. The smallest absolute Gasteiger partial charge is 0.184 e. The molecule has 3 aromatic carbocycles. The second-order valence-corrected chi connectivity index (χ2v) is 8.43. The fourth-order valence-electron chi connectivity index (χ4n) is 3.79. The van der Waals surface area contributed by atoms with Crippen LogP contribution in [0.1, 0.15) is 42.7 Å². The predicted molar refractivity (Wildman–Crippen MR) is 122 cm³/mol. The van der Waals surface area contributed by atoms with Crippen molar-refractivity contribution < 1.29 is 18.6 Å². The molecule has 0 spiro atoms. The average Bonchev–Trinajstić information content (AvgIpc) is 2.80. The summed E-state index contributed by atoms with van der Waals surface area (Å²) in [6.45, 7) is 3.88. The van der Waals surface area contributed by atoms with Gasteiger partial charge in [0.05, 0.1) is 13.2 Å². The number of hydrogen-bond donors (Lipinski definition) is 0. The lowest BCUT2D eigenvalue weighted by Gasteiger charge is -2.29. The number of aryl methyl sites for hydroxylation is 2. The maximum absolute atomic E-state index is 15.1. The van der Waals surface area contributed by atoms with Crippen LogP contribution in [0.3, 0.4) is 0 Å². The number of halogens is 2.